The lowest BCUT2D eigenvalue weighted by molar-refractivity contribution is -0.131. The monoisotopic (exact) mass is 430 g/mol. The lowest BCUT2D eigenvalue weighted by Gasteiger charge is -2.44. The van der Waals surface area contributed by atoms with Gasteiger partial charge in [-0.2, -0.15) is 0 Å². The molecular formula is C21H30N6O2S. The van der Waals surface area contributed by atoms with Crippen molar-refractivity contribution in [2.24, 2.45) is 0 Å². The third-order valence-electron chi connectivity index (χ3n) is 6.26. The van der Waals surface area contributed by atoms with E-state index >= 15 is 0 Å². The lowest BCUT2D eigenvalue weighted by Crippen LogP contribution is -2.71. The minimum Gasteiger partial charge on any atom is -0.379 e. The zero-order chi connectivity index (χ0) is 20.5. The molecular weight excluding hydrogens is 400 g/mol. The first-order valence-electron chi connectivity index (χ1n) is 10.9. The molecule has 3 N–H and O–H groups in total. The maximum atomic E-state index is 13.3. The van der Waals surface area contributed by atoms with Gasteiger partial charge in [0.2, 0.25) is 5.91 Å². The van der Waals surface area contributed by atoms with Crippen LogP contribution < -0.4 is 16.0 Å². The zero-order valence-corrected chi connectivity index (χ0v) is 18.2. The van der Waals surface area contributed by atoms with E-state index in [1.807, 2.05) is 18.2 Å². The number of nitrogens with one attached hydrogen (secondary N) is 3. The number of piperidine rings is 1. The third kappa shape index (κ3) is 4.23. The molecule has 1 aromatic heterocycles. The van der Waals surface area contributed by atoms with Crippen LogP contribution in [0.3, 0.4) is 0 Å². The lowest BCUT2D eigenvalue weighted by atomic mass is 9.99. The van der Waals surface area contributed by atoms with Gasteiger partial charge in [0, 0.05) is 25.7 Å². The highest BCUT2D eigenvalue weighted by Gasteiger charge is 2.42. The maximum absolute atomic E-state index is 13.3. The summed E-state index contributed by atoms with van der Waals surface area (Å²) in [6.45, 7) is 5.13. The molecule has 3 aliphatic heterocycles. The van der Waals surface area contributed by atoms with Crippen LogP contribution in [0.25, 0.3) is 10.2 Å². The summed E-state index contributed by atoms with van der Waals surface area (Å²) >= 11 is 1.61. The summed E-state index contributed by atoms with van der Waals surface area (Å²) in [5, 5.41) is 11.5. The van der Waals surface area contributed by atoms with Crippen LogP contribution in [0.5, 0.6) is 0 Å². The van der Waals surface area contributed by atoms with Crippen molar-refractivity contribution in [3.8, 4) is 0 Å². The Kier molecular flexibility index (Phi) is 5.99. The number of ether oxygens (including phenoxy) is 1. The Morgan fingerprint density at radius 1 is 1.23 bits per heavy atom. The van der Waals surface area contributed by atoms with Crippen LogP contribution in [-0.4, -0.2) is 85.6 Å². The van der Waals surface area contributed by atoms with E-state index in [0.29, 0.717) is 19.3 Å². The molecule has 2 aromatic rings. The highest BCUT2D eigenvalue weighted by molar-refractivity contribution is 7.18. The van der Waals surface area contributed by atoms with Crippen LogP contribution in [0.1, 0.15) is 23.8 Å². The Morgan fingerprint density at radius 2 is 2.07 bits per heavy atom. The number of thiazole rings is 1. The Morgan fingerprint density at radius 3 is 2.87 bits per heavy atom. The van der Waals surface area contributed by atoms with Gasteiger partial charge in [0.05, 0.1) is 29.6 Å². The molecule has 9 heteroatoms. The van der Waals surface area contributed by atoms with Crippen LogP contribution in [0.2, 0.25) is 0 Å². The number of aromatic nitrogens is 1. The van der Waals surface area contributed by atoms with Crippen molar-refractivity contribution >= 4 is 27.5 Å². The second kappa shape index (κ2) is 8.86. The second-order valence-electron chi connectivity index (χ2n) is 8.47. The zero-order valence-electron chi connectivity index (χ0n) is 17.3. The summed E-state index contributed by atoms with van der Waals surface area (Å²) < 4.78 is 6.61. The van der Waals surface area contributed by atoms with E-state index in [2.05, 4.69) is 38.9 Å². The number of likely N-dealkylation sites (N-methyl/N-ethyl adjacent to an activating group) is 1. The number of nitrogens with zero attached hydrogens (tertiary/aromatic N) is 3. The average Bonchev–Trinajstić information content (AvgIpc) is 3.17. The molecule has 0 saturated carbocycles. The predicted octanol–water partition coefficient (Wildman–Crippen LogP) is 0.725. The molecule has 1 amide bonds. The van der Waals surface area contributed by atoms with Gasteiger partial charge in [-0.1, -0.05) is 12.1 Å². The molecule has 0 spiro atoms. The van der Waals surface area contributed by atoms with Crippen molar-refractivity contribution in [3.63, 3.8) is 0 Å². The first-order chi connectivity index (χ1) is 14.7. The van der Waals surface area contributed by atoms with E-state index in [4.69, 9.17) is 9.72 Å². The minimum absolute atomic E-state index is 0.0333. The summed E-state index contributed by atoms with van der Waals surface area (Å²) in [7, 11) is 2.16. The Hall–Kier alpha value is -1.62. The highest BCUT2D eigenvalue weighted by atomic mass is 32.1. The van der Waals surface area contributed by atoms with Gasteiger partial charge in [0.25, 0.3) is 0 Å². The number of amides is 1. The second-order valence-corrected chi connectivity index (χ2v) is 9.53. The highest BCUT2D eigenvalue weighted by Crippen LogP contribution is 2.31. The number of hydrogen-bond donors (Lipinski definition) is 3. The van der Waals surface area contributed by atoms with Crippen LogP contribution >= 0.6 is 11.3 Å². The van der Waals surface area contributed by atoms with Crippen LogP contribution in [0, 0.1) is 0 Å². The Balaban J connectivity index is 1.41. The number of likely N-dealkylation sites (tertiary alicyclic amines) is 1. The van der Waals surface area contributed by atoms with Crippen molar-refractivity contribution < 1.29 is 9.53 Å². The molecule has 162 valence electrons. The first-order valence-corrected chi connectivity index (χ1v) is 11.7. The number of para-hydroxylation sites is 1. The van der Waals surface area contributed by atoms with E-state index in [-0.39, 0.29) is 24.3 Å². The molecule has 0 radical (unpaired) electrons. The van der Waals surface area contributed by atoms with Crippen LogP contribution in [0.4, 0.5) is 0 Å². The molecule has 30 heavy (non-hydrogen) atoms. The fraction of sp³-hybridized carbons (Fsp3) is 0.619. The van der Waals surface area contributed by atoms with Gasteiger partial charge in [-0.05, 0) is 38.6 Å². The van der Waals surface area contributed by atoms with E-state index in [9.17, 15) is 4.79 Å². The third-order valence-corrected chi connectivity index (χ3v) is 7.38. The van der Waals surface area contributed by atoms with Gasteiger partial charge in [-0.3, -0.25) is 20.3 Å². The number of benzene rings is 1. The van der Waals surface area contributed by atoms with Gasteiger partial charge in [0.15, 0.2) is 0 Å². The summed E-state index contributed by atoms with van der Waals surface area (Å²) in [5.74, 6) is -0.321. The van der Waals surface area contributed by atoms with Crippen molar-refractivity contribution in [1.82, 2.24) is 30.7 Å². The predicted molar refractivity (Wildman–Crippen MR) is 117 cm³/mol. The summed E-state index contributed by atoms with van der Waals surface area (Å²) in [5.41, 5.74) is 0.955. The maximum Gasteiger partial charge on any atom is 0.235 e. The quantitative estimate of drug-likeness (QED) is 0.660. The molecule has 5 rings (SSSR count). The van der Waals surface area contributed by atoms with Crippen molar-refractivity contribution in [2.75, 3.05) is 46.4 Å². The standard InChI is InChI=1S/C21H30N6O2S/c1-26-8-4-5-14(13-26)22-18-17(20-23-15-6-2-3-7-16(15)30-20)19(28)25-21(24-18)27-9-11-29-12-10-27/h2-3,6-7,14,17-18,21-22,24H,4-5,8-13H2,1H3,(H,25,28). The van der Waals surface area contributed by atoms with Crippen molar-refractivity contribution in [1.29, 1.82) is 0 Å². The first kappa shape index (κ1) is 20.3. The molecule has 4 unspecified atom stereocenters. The molecule has 0 bridgehead atoms. The van der Waals surface area contributed by atoms with Crippen LogP contribution in [-0.2, 0) is 9.53 Å². The summed E-state index contributed by atoms with van der Waals surface area (Å²) in [4.78, 5) is 22.8. The summed E-state index contributed by atoms with van der Waals surface area (Å²) in [6, 6.07) is 8.45. The van der Waals surface area contributed by atoms with E-state index in [0.717, 1.165) is 47.8 Å². The molecule has 0 aliphatic carbocycles. The fourth-order valence-corrected chi connectivity index (χ4v) is 5.80. The normalized spacial score (nSPS) is 31.7. The number of morpholine rings is 1. The molecule has 8 nitrogen and oxygen atoms in total. The number of rotatable bonds is 4. The molecule has 3 fully saturated rings. The van der Waals surface area contributed by atoms with Crippen molar-refractivity contribution in [2.45, 2.75) is 37.3 Å². The van der Waals surface area contributed by atoms with Gasteiger partial charge >= 0.3 is 0 Å². The van der Waals surface area contributed by atoms with E-state index in [1.165, 1.54) is 6.42 Å². The van der Waals surface area contributed by atoms with Gasteiger partial charge in [0.1, 0.15) is 17.2 Å². The van der Waals surface area contributed by atoms with Crippen molar-refractivity contribution in [3.05, 3.63) is 29.3 Å². The fourth-order valence-electron chi connectivity index (χ4n) is 4.69. The molecule has 3 saturated heterocycles. The Labute approximate surface area is 181 Å². The molecule has 4 atom stereocenters. The minimum atomic E-state index is -0.355. The molecule has 3 aliphatic rings. The van der Waals surface area contributed by atoms with E-state index < -0.39 is 0 Å². The summed E-state index contributed by atoms with van der Waals surface area (Å²) in [6.07, 6.45) is 1.94. The number of carbonyl (C=O) groups excluding carboxylic acids is 1. The number of carbonyl (C=O) groups is 1. The number of fused-ring (bicyclic) bond motifs is 1. The average molecular weight is 431 g/mol. The topological polar surface area (TPSA) is 81.8 Å². The molecule has 1 aromatic carbocycles. The van der Waals surface area contributed by atoms with Gasteiger partial charge in [-0.15, -0.1) is 11.3 Å². The SMILES string of the molecule is CN1CCCC(NC2NC(N3CCOCC3)NC(=O)C2c2nc3ccccc3s2)C1. The van der Waals surface area contributed by atoms with E-state index in [1.54, 1.807) is 11.3 Å². The van der Waals surface area contributed by atoms with Gasteiger partial charge < -0.3 is 15.0 Å². The number of hydrogen-bond acceptors (Lipinski definition) is 8. The largest absolute Gasteiger partial charge is 0.379 e. The van der Waals surface area contributed by atoms with Crippen LogP contribution in [0.15, 0.2) is 24.3 Å². The van der Waals surface area contributed by atoms with Gasteiger partial charge in [-0.25, -0.2) is 4.98 Å². The Bertz CT molecular complexity index is 852. The smallest absolute Gasteiger partial charge is 0.235 e. The molecule has 4 heterocycles.